The zero-order valence-electron chi connectivity index (χ0n) is 15.0. The number of para-hydroxylation sites is 2. The van der Waals surface area contributed by atoms with E-state index in [1.54, 1.807) is 49.4 Å². The first-order valence-electron chi connectivity index (χ1n) is 8.69. The van der Waals surface area contributed by atoms with Crippen molar-refractivity contribution in [3.05, 3.63) is 52.7 Å². The third-order valence-corrected chi connectivity index (χ3v) is 4.46. The molecule has 0 aliphatic carbocycles. The maximum Gasteiger partial charge on any atom is 0.200 e. The van der Waals surface area contributed by atoms with Gasteiger partial charge in [0.15, 0.2) is 11.3 Å². The van der Waals surface area contributed by atoms with Crippen molar-refractivity contribution in [3.8, 4) is 5.75 Å². The molecule has 1 heterocycles. The molecule has 3 aromatic rings. The number of aliphatic hydroxyl groups is 3. The Hall–Kier alpha value is -2.45. The quantitative estimate of drug-likeness (QED) is 0.436. The number of rotatable bonds is 8. The maximum absolute atomic E-state index is 12.6. The van der Waals surface area contributed by atoms with Crippen LogP contribution in [0.2, 0.25) is 0 Å². The van der Waals surface area contributed by atoms with Gasteiger partial charge in [-0.2, -0.15) is 0 Å². The second kappa shape index (κ2) is 8.06. The third-order valence-electron chi connectivity index (χ3n) is 4.46. The van der Waals surface area contributed by atoms with Gasteiger partial charge in [0.1, 0.15) is 18.3 Å². The molecule has 0 aliphatic rings. The van der Waals surface area contributed by atoms with Gasteiger partial charge in [-0.05, 0) is 31.2 Å². The molecule has 144 valence electrons. The van der Waals surface area contributed by atoms with E-state index in [0.29, 0.717) is 27.7 Å². The van der Waals surface area contributed by atoms with E-state index in [1.165, 1.54) is 0 Å². The predicted octanol–water partition coefficient (Wildman–Crippen LogP) is 1.02. The van der Waals surface area contributed by atoms with Gasteiger partial charge in [0, 0.05) is 6.54 Å². The molecule has 0 saturated carbocycles. The Labute approximate surface area is 155 Å². The molecule has 0 fully saturated rings. The van der Waals surface area contributed by atoms with Gasteiger partial charge >= 0.3 is 0 Å². The Morgan fingerprint density at radius 3 is 2.56 bits per heavy atom. The highest BCUT2D eigenvalue weighted by molar-refractivity contribution is 5.92. The number of ether oxygens (including phenoxy) is 1. The maximum atomic E-state index is 12.6. The molecule has 3 rings (SSSR count). The molecule has 1 aromatic heterocycles. The highest BCUT2D eigenvalue weighted by Gasteiger charge is 2.22. The summed E-state index contributed by atoms with van der Waals surface area (Å²) in [6, 6.07) is 12.0. The molecule has 0 saturated heterocycles. The monoisotopic (exact) mass is 373 g/mol. The van der Waals surface area contributed by atoms with E-state index in [9.17, 15) is 20.1 Å². The normalized spacial score (nSPS) is 13.2. The molecule has 27 heavy (non-hydrogen) atoms. The van der Waals surface area contributed by atoms with Crippen LogP contribution in [0.1, 0.15) is 6.92 Å². The standard InChI is InChI=1S/C20H23NO6/c1-20(11-22,12-23)21-9-13(24)10-26-17-8-4-6-15-18(25)14-5-2-3-7-16(14)27-19(15)17/h2-8,13,21-24H,9-12H2,1H3. The zero-order chi connectivity index (χ0) is 19.4. The molecular formula is C20H23NO6. The van der Waals surface area contributed by atoms with Gasteiger partial charge in [0.25, 0.3) is 0 Å². The largest absolute Gasteiger partial charge is 0.487 e. The molecule has 4 N–H and O–H groups in total. The molecule has 1 unspecified atom stereocenters. The van der Waals surface area contributed by atoms with Crippen LogP contribution >= 0.6 is 0 Å². The summed E-state index contributed by atoms with van der Waals surface area (Å²) in [4.78, 5) is 12.6. The molecule has 7 heteroatoms. The van der Waals surface area contributed by atoms with Crippen LogP contribution in [-0.2, 0) is 0 Å². The van der Waals surface area contributed by atoms with Gasteiger partial charge in [0.2, 0.25) is 5.43 Å². The SMILES string of the molecule is CC(CO)(CO)NCC(O)COc1cccc2c(=O)c3ccccc3oc12. The van der Waals surface area contributed by atoms with Crippen LogP contribution in [0, 0.1) is 0 Å². The minimum atomic E-state index is -0.884. The van der Waals surface area contributed by atoms with Crippen molar-refractivity contribution in [1.29, 1.82) is 0 Å². The number of hydrogen-bond acceptors (Lipinski definition) is 7. The number of aliphatic hydroxyl groups excluding tert-OH is 3. The Kier molecular flexibility index (Phi) is 5.76. The van der Waals surface area contributed by atoms with Gasteiger partial charge in [-0.25, -0.2) is 0 Å². The van der Waals surface area contributed by atoms with Gasteiger partial charge in [-0.15, -0.1) is 0 Å². The topological polar surface area (TPSA) is 112 Å². The molecule has 1 atom stereocenters. The molecule has 0 aliphatic heterocycles. The van der Waals surface area contributed by atoms with Crippen molar-refractivity contribution in [2.75, 3.05) is 26.4 Å². The first-order valence-corrected chi connectivity index (χ1v) is 8.69. The van der Waals surface area contributed by atoms with Gasteiger partial charge in [0.05, 0.1) is 29.5 Å². The number of nitrogens with one attached hydrogen (secondary N) is 1. The summed E-state index contributed by atoms with van der Waals surface area (Å²) < 4.78 is 11.5. The van der Waals surface area contributed by atoms with Crippen molar-refractivity contribution in [2.45, 2.75) is 18.6 Å². The average Bonchev–Trinajstić information content (AvgIpc) is 2.71. The van der Waals surface area contributed by atoms with E-state index < -0.39 is 11.6 Å². The fourth-order valence-electron chi connectivity index (χ4n) is 2.68. The first kappa shape index (κ1) is 19.3. The summed E-state index contributed by atoms with van der Waals surface area (Å²) in [7, 11) is 0. The van der Waals surface area contributed by atoms with Crippen molar-refractivity contribution in [1.82, 2.24) is 5.32 Å². The number of hydrogen-bond donors (Lipinski definition) is 4. The van der Waals surface area contributed by atoms with E-state index in [2.05, 4.69) is 5.32 Å². The van der Waals surface area contributed by atoms with Crippen molar-refractivity contribution < 1.29 is 24.5 Å². The average molecular weight is 373 g/mol. The van der Waals surface area contributed by atoms with Crippen LogP contribution in [0.4, 0.5) is 0 Å². The lowest BCUT2D eigenvalue weighted by Gasteiger charge is -2.27. The minimum absolute atomic E-state index is 0.0460. The summed E-state index contributed by atoms with van der Waals surface area (Å²) in [5.74, 6) is 0.362. The van der Waals surface area contributed by atoms with E-state index in [0.717, 1.165) is 0 Å². The smallest absolute Gasteiger partial charge is 0.200 e. The summed E-state index contributed by atoms with van der Waals surface area (Å²) >= 11 is 0. The van der Waals surface area contributed by atoms with Crippen LogP contribution in [0.3, 0.4) is 0 Å². The molecule has 0 amide bonds. The van der Waals surface area contributed by atoms with Crippen LogP contribution in [0.15, 0.2) is 51.7 Å². The second-order valence-corrected chi connectivity index (χ2v) is 6.78. The van der Waals surface area contributed by atoms with Crippen molar-refractivity contribution >= 4 is 21.9 Å². The molecule has 0 radical (unpaired) electrons. The van der Waals surface area contributed by atoms with Gasteiger partial charge in [-0.1, -0.05) is 18.2 Å². The molecule has 0 bridgehead atoms. The van der Waals surface area contributed by atoms with Crippen molar-refractivity contribution in [3.63, 3.8) is 0 Å². The fourth-order valence-corrected chi connectivity index (χ4v) is 2.68. The molecular weight excluding hydrogens is 350 g/mol. The van der Waals surface area contributed by atoms with Gasteiger partial charge in [-0.3, -0.25) is 4.79 Å². The Bertz CT molecular complexity index is 979. The van der Waals surface area contributed by atoms with Crippen LogP contribution < -0.4 is 15.5 Å². The lowest BCUT2D eigenvalue weighted by molar-refractivity contribution is 0.0667. The highest BCUT2D eigenvalue weighted by atomic mass is 16.5. The molecule has 0 spiro atoms. The molecule has 7 nitrogen and oxygen atoms in total. The lowest BCUT2D eigenvalue weighted by atomic mass is 10.1. The Balaban J connectivity index is 1.78. The third kappa shape index (κ3) is 4.12. The first-order chi connectivity index (χ1) is 13.0. The van der Waals surface area contributed by atoms with E-state index >= 15 is 0 Å². The highest BCUT2D eigenvalue weighted by Crippen LogP contribution is 2.27. The number of β-amino-alcohol motifs (C(OH)–C–C–N with tert-alkyl or cyclic N) is 1. The summed E-state index contributed by atoms with van der Waals surface area (Å²) in [6.07, 6.45) is -0.884. The Morgan fingerprint density at radius 2 is 1.81 bits per heavy atom. The Morgan fingerprint density at radius 1 is 1.11 bits per heavy atom. The van der Waals surface area contributed by atoms with Crippen LogP contribution in [0.25, 0.3) is 21.9 Å². The second-order valence-electron chi connectivity index (χ2n) is 6.78. The summed E-state index contributed by atoms with van der Waals surface area (Å²) in [5, 5.41) is 32.4. The van der Waals surface area contributed by atoms with Gasteiger partial charge < -0.3 is 29.8 Å². The van der Waals surface area contributed by atoms with E-state index in [-0.39, 0.29) is 31.8 Å². The van der Waals surface area contributed by atoms with E-state index in [1.807, 2.05) is 0 Å². The lowest BCUT2D eigenvalue weighted by Crippen LogP contribution is -2.52. The van der Waals surface area contributed by atoms with Crippen molar-refractivity contribution in [2.24, 2.45) is 0 Å². The summed E-state index contributed by atoms with van der Waals surface area (Å²) in [6.45, 7) is 1.19. The predicted molar refractivity (Wildman–Crippen MR) is 102 cm³/mol. The number of benzene rings is 2. The van der Waals surface area contributed by atoms with E-state index in [4.69, 9.17) is 9.15 Å². The van der Waals surface area contributed by atoms with Crippen LogP contribution in [0.5, 0.6) is 5.75 Å². The van der Waals surface area contributed by atoms with Crippen LogP contribution in [-0.4, -0.2) is 53.3 Å². The molecule has 2 aromatic carbocycles. The fraction of sp³-hybridized carbons (Fsp3) is 0.350. The zero-order valence-corrected chi connectivity index (χ0v) is 15.0. The number of fused-ring (bicyclic) bond motifs is 2. The summed E-state index contributed by atoms with van der Waals surface area (Å²) in [5.41, 5.74) is -0.223. The minimum Gasteiger partial charge on any atom is -0.487 e.